The molecule has 1 aliphatic heterocycles. The van der Waals surface area contributed by atoms with Crippen molar-refractivity contribution in [3.8, 4) is 17.2 Å². The molecule has 1 heterocycles. The summed E-state index contributed by atoms with van der Waals surface area (Å²) in [5.41, 5.74) is 2.11. The third kappa shape index (κ3) is 5.69. The molecule has 1 amide bonds. The van der Waals surface area contributed by atoms with E-state index in [4.69, 9.17) is 14.2 Å². The van der Waals surface area contributed by atoms with Crippen LogP contribution in [0.2, 0.25) is 0 Å². The zero-order valence-corrected chi connectivity index (χ0v) is 24.1. The average molecular weight is 544 g/mol. The van der Waals surface area contributed by atoms with Crippen molar-refractivity contribution in [3.63, 3.8) is 0 Å². The van der Waals surface area contributed by atoms with E-state index >= 15 is 0 Å². The van der Waals surface area contributed by atoms with E-state index < -0.39 is 17.7 Å². The molecule has 0 saturated carbocycles. The fourth-order valence-corrected chi connectivity index (χ4v) is 4.90. The topological polar surface area (TPSA) is 85.3 Å². The van der Waals surface area contributed by atoms with E-state index in [9.17, 15) is 14.7 Å². The van der Waals surface area contributed by atoms with Gasteiger partial charge in [0.15, 0.2) is 0 Å². The van der Waals surface area contributed by atoms with Crippen molar-refractivity contribution in [2.24, 2.45) is 0 Å². The Bertz CT molecular complexity index is 1450. The molecule has 7 heteroatoms. The second-order valence-electron chi connectivity index (χ2n) is 11.0. The first-order chi connectivity index (χ1) is 19.0. The monoisotopic (exact) mass is 543 g/mol. The number of methoxy groups -OCH3 is 1. The van der Waals surface area contributed by atoms with E-state index in [-0.39, 0.29) is 22.9 Å². The maximum Gasteiger partial charge on any atom is 0.300 e. The number of ketones is 1. The van der Waals surface area contributed by atoms with Gasteiger partial charge in [-0.25, -0.2) is 0 Å². The van der Waals surface area contributed by atoms with Gasteiger partial charge in [0.05, 0.1) is 31.4 Å². The van der Waals surface area contributed by atoms with E-state index in [2.05, 4.69) is 20.8 Å². The molecule has 7 nitrogen and oxygen atoms in total. The van der Waals surface area contributed by atoms with Crippen molar-refractivity contribution in [1.82, 2.24) is 0 Å². The molecule has 4 rings (SSSR count). The molecule has 0 spiro atoms. The van der Waals surface area contributed by atoms with E-state index in [1.807, 2.05) is 45.0 Å². The molecule has 1 N–H and O–H groups in total. The molecule has 0 aromatic heterocycles. The number of Topliss-reactive ketones (excluding diaryl/α,β-unsaturated/α-hetero) is 1. The molecular weight excluding hydrogens is 506 g/mol. The Morgan fingerprint density at radius 1 is 0.975 bits per heavy atom. The number of carbonyl (C=O) groups is 2. The van der Waals surface area contributed by atoms with Crippen molar-refractivity contribution >= 4 is 23.1 Å². The van der Waals surface area contributed by atoms with Crippen LogP contribution in [-0.4, -0.2) is 36.6 Å². The van der Waals surface area contributed by atoms with Gasteiger partial charge in [-0.2, -0.15) is 0 Å². The lowest BCUT2D eigenvalue weighted by atomic mass is 9.84. The second-order valence-corrected chi connectivity index (χ2v) is 11.0. The zero-order valence-electron chi connectivity index (χ0n) is 24.1. The van der Waals surface area contributed by atoms with Gasteiger partial charge in [-0.1, -0.05) is 39.0 Å². The molecule has 210 valence electrons. The molecular formula is C33H37NO6. The molecule has 1 unspecified atom stereocenters. The van der Waals surface area contributed by atoms with Crippen molar-refractivity contribution in [3.05, 3.63) is 89.0 Å². The van der Waals surface area contributed by atoms with Crippen LogP contribution < -0.4 is 19.1 Å². The summed E-state index contributed by atoms with van der Waals surface area (Å²) >= 11 is 0. The number of ether oxygens (including phenoxy) is 3. The number of benzene rings is 3. The molecule has 1 saturated heterocycles. The Kier molecular flexibility index (Phi) is 8.24. The minimum atomic E-state index is -0.896. The first kappa shape index (κ1) is 28.7. The van der Waals surface area contributed by atoms with E-state index in [1.165, 1.54) is 12.0 Å². The third-order valence-corrected chi connectivity index (χ3v) is 6.68. The van der Waals surface area contributed by atoms with Gasteiger partial charge in [0, 0.05) is 22.9 Å². The van der Waals surface area contributed by atoms with Gasteiger partial charge in [-0.3, -0.25) is 14.5 Å². The highest BCUT2D eigenvalue weighted by atomic mass is 16.5. The molecule has 0 bridgehead atoms. The summed E-state index contributed by atoms with van der Waals surface area (Å²) in [5, 5.41) is 11.7. The number of carbonyl (C=O) groups excluding carboxylic acids is 2. The molecule has 3 aromatic carbocycles. The number of anilines is 1. The minimum Gasteiger partial charge on any atom is -0.507 e. The maximum atomic E-state index is 13.7. The van der Waals surface area contributed by atoms with Crippen LogP contribution in [0.4, 0.5) is 5.69 Å². The van der Waals surface area contributed by atoms with Gasteiger partial charge in [0.25, 0.3) is 11.7 Å². The Morgan fingerprint density at radius 2 is 1.68 bits per heavy atom. The Hall–Kier alpha value is -4.26. The largest absolute Gasteiger partial charge is 0.507 e. The third-order valence-electron chi connectivity index (χ3n) is 6.68. The summed E-state index contributed by atoms with van der Waals surface area (Å²) < 4.78 is 17.1. The number of hydrogen-bond donors (Lipinski definition) is 1. The van der Waals surface area contributed by atoms with Crippen LogP contribution in [0.3, 0.4) is 0 Å². The van der Waals surface area contributed by atoms with Crippen LogP contribution in [0.1, 0.15) is 64.3 Å². The number of aliphatic hydroxyl groups excluding tert-OH is 1. The van der Waals surface area contributed by atoms with Crippen LogP contribution >= 0.6 is 0 Å². The van der Waals surface area contributed by atoms with Crippen LogP contribution in [-0.2, 0) is 15.0 Å². The van der Waals surface area contributed by atoms with Crippen LogP contribution in [0, 0.1) is 0 Å². The van der Waals surface area contributed by atoms with Gasteiger partial charge >= 0.3 is 0 Å². The van der Waals surface area contributed by atoms with E-state index in [0.29, 0.717) is 40.7 Å². The highest BCUT2D eigenvalue weighted by Crippen LogP contribution is 2.44. The standard InChI is InChI=1S/C33H37NO6/c1-8-39-27-16-15-22(18-26(27)33(4,5)6)30(35)28-29(21-11-9-14-25(17-21)40-20(2)3)34(32(37)31(28)36)23-12-10-13-24(19-23)38-7/h9-20,29,35H,8H2,1-7H3/b30-28+. The van der Waals surface area contributed by atoms with Gasteiger partial charge < -0.3 is 19.3 Å². The molecule has 1 atom stereocenters. The van der Waals surface area contributed by atoms with Crippen LogP contribution in [0.25, 0.3) is 5.76 Å². The molecule has 40 heavy (non-hydrogen) atoms. The lowest BCUT2D eigenvalue weighted by molar-refractivity contribution is -0.132. The van der Waals surface area contributed by atoms with Gasteiger partial charge in [0.1, 0.15) is 23.0 Å². The predicted octanol–water partition coefficient (Wildman–Crippen LogP) is 6.80. The quantitative estimate of drug-likeness (QED) is 0.191. The maximum absolute atomic E-state index is 13.7. The van der Waals surface area contributed by atoms with Crippen LogP contribution in [0.5, 0.6) is 17.2 Å². The second kappa shape index (κ2) is 11.5. The Morgan fingerprint density at radius 3 is 2.33 bits per heavy atom. The van der Waals surface area contributed by atoms with Gasteiger partial charge in [-0.15, -0.1) is 0 Å². The molecule has 0 aliphatic carbocycles. The van der Waals surface area contributed by atoms with Crippen molar-refractivity contribution in [1.29, 1.82) is 0 Å². The Labute approximate surface area is 236 Å². The fraction of sp³-hybridized carbons (Fsp3) is 0.333. The Balaban J connectivity index is 1.96. The summed E-state index contributed by atoms with van der Waals surface area (Å²) in [6.45, 7) is 12.4. The van der Waals surface area contributed by atoms with Gasteiger partial charge in [0.2, 0.25) is 0 Å². The lowest BCUT2D eigenvalue weighted by Gasteiger charge is -2.26. The van der Waals surface area contributed by atoms with Crippen molar-refractivity contribution < 1.29 is 28.9 Å². The highest BCUT2D eigenvalue weighted by molar-refractivity contribution is 6.51. The summed E-state index contributed by atoms with van der Waals surface area (Å²) in [5.74, 6) is 0.0794. The smallest absolute Gasteiger partial charge is 0.300 e. The molecule has 0 radical (unpaired) electrons. The number of amides is 1. The molecule has 1 aliphatic rings. The first-order valence-electron chi connectivity index (χ1n) is 13.5. The van der Waals surface area contributed by atoms with E-state index in [0.717, 1.165) is 5.56 Å². The summed E-state index contributed by atoms with van der Waals surface area (Å²) in [6, 6.07) is 18.7. The number of nitrogens with zero attached hydrogens (tertiary/aromatic N) is 1. The average Bonchev–Trinajstić information content (AvgIpc) is 3.18. The normalized spacial score (nSPS) is 16.9. The fourth-order valence-electron chi connectivity index (χ4n) is 4.90. The lowest BCUT2D eigenvalue weighted by Crippen LogP contribution is -2.29. The van der Waals surface area contributed by atoms with Crippen molar-refractivity contribution in [2.75, 3.05) is 18.6 Å². The van der Waals surface area contributed by atoms with Crippen LogP contribution in [0.15, 0.2) is 72.3 Å². The summed E-state index contributed by atoms with van der Waals surface area (Å²) in [4.78, 5) is 28.7. The minimum absolute atomic E-state index is 0.00136. The van der Waals surface area contributed by atoms with Gasteiger partial charge in [-0.05, 0) is 74.2 Å². The highest BCUT2D eigenvalue weighted by Gasteiger charge is 2.47. The number of hydrogen-bond acceptors (Lipinski definition) is 6. The predicted molar refractivity (Wildman–Crippen MR) is 156 cm³/mol. The summed E-state index contributed by atoms with van der Waals surface area (Å²) in [7, 11) is 1.54. The first-order valence-corrected chi connectivity index (χ1v) is 13.5. The number of rotatable bonds is 8. The van der Waals surface area contributed by atoms with E-state index in [1.54, 1.807) is 42.5 Å². The van der Waals surface area contributed by atoms with Crippen molar-refractivity contribution in [2.45, 2.75) is 59.1 Å². The summed E-state index contributed by atoms with van der Waals surface area (Å²) in [6.07, 6.45) is -0.0698. The SMILES string of the molecule is CCOc1ccc(/C(O)=C2\C(=O)C(=O)N(c3cccc(OC)c3)C2c2cccc(OC(C)C)c2)cc1C(C)(C)C. The zero-order chi connectivity index (χ0) is 29.2. The molecule has 3 aromatic rings. The molecule has 1 fully saturated rings. The number of aliphatic hydroxyl groups is 1.